The van der Waals surface area contributed by atoms with Crippen LogP contribution in [0.15, 0.2) is 33.0 Å². The van der Waals surface area contributed by atoms with Crippen LogP contribution in [-0.4, -0.2) is 40.7 Å². The summed E-state index contributed by atoms with van der Waals surface area (Å²) in [6.07, 6.45) is 0.780. The highest BCUT2D eigenvalue weighted by Gasteiger charge is 2.26. The van der Waals surface area contributed by atoms with E-state index in [-0.39, 0.29) is 17.2 Å². The van der Waals surface area contributed by atoms with Crippen LogP contribution in [0.4, 0.5) is 5.69 Å². The highest BCUT2D eigenvalue weighted by Crippen LogP contribution is 2.34. The number of hydrogen-bond donors (Lipinski definition) is 1. The van der Waals surface area contributed by atoms with Gasteiger partial charge in [0.2, 0.25) is 5.91 Å². The van der Waals surface area contributed by atoms with Crippen LogP contribution in [0.25, 0.3) is 0 Å². The lowest BCUT2D eigenvalue weighted by atomic mass is 10.2. The maximum Gasteiger partial charge on any atom is 0.268 e. The number of rotatable bonds is 7. The molecule has 0 fully saturated rings. The van der Waals surface area contributed by atoms with Crippen LogP contribution < -0.4 is 20.3 Å². The highest BCUT2D eigenvalue weighted by atomic mass is 32.2. The second kappa shape index (κ2) is 8.91. The molecule has 0 bridgehead atoms. The van der Waals surface area contributed by atoms with Crippen molar-refractivity contribution in [1.29, 1.82) is 0 Å². The fourth-order valence-corrected chi connectivity index (χ4v) is 4.93. The summed E-state index contributed by atoms with van der Waals surface area (Å²) in [5.41, 5.74) is 1.39. The predicted molar refractivity (Wildman–Crippen MR) is 112 cm³/mol. The molecule has 3 rings (SSSR count). The van der Waals surface area contributed by atoms with Crippen molar-refractivity contribution in [3.63, 3.8) is 0 Å². The Hall–Kier alpha value is -2.13. The highest BCUT2D eigenvalue weighted by molar-refractivity contribution is 8.00. The molecule has 9 heteroatoms. The number of benzene rings is 1. The van der Waals surface area contributed by atoms with Gasteiger partial charge in [0.25, 0.3) is 5.56 Å². The SMILES string of the molecule is CCn1c(SCC(=O)Nc2ccc(OC)cc2OC)nc2c(c1=O)S[C@@H](C)C2. The summed E-state index contributed by atoms with van der Waals surface area (Å²) in [6, 6.07) is 5.19. The predicted octanol–water partition coefficient (Wildman–Crippen LogP) is 3.05. The minimum atomic E-state index is -0.200. The average molecular weight is 422 g/mol. The Morgan fingerprint density at radius 3 is 2.86 bits per heavy atom. The first-order valence-corrected chi connectivity index (χ1v) is 10.8. The van der Waals surface area contributed by atoms with Crippen LogP contribution in [-0.2, 0) is 17.8 Å². The second-order valence-corrected chi connectivity index (χ2v) is 8.65. The van der Waals surface area contributed by atoms with Gasteiger partial charge in [-0.2, -0.15) is 0 Å². The average Bonchev–Trinajstić information content (AvgIpc) is 3.07. The molecule has 0 aliphatic carbocycles. The number of methoxy groups -OCH3 is 2. The first-order chi connectivity index (χ1) is 13.5. The number of thioether (sulfide) groups is 2. The van der Waals surface area contributed by atoms with Gasteiger partial charge in [0, 0.05) is 24.3 Å². The number of nitrogens with zero attached hydrogens (tertiary/aromatic N) is 2. The molecule has 2 aromatic rings. The Kier molecular flexibility index (Phi) is 6.56. The van der Waals surface area contributed by atoms with Gasteiger partial charge in [0.05, 0.1) is 36.2 Å². The van der Waals surface area contributed by atoms with E-state index in [2.05, 4.69) is 17.2 Å². The number of anilines is 1. The molecule has 0 saturated carbocycles. The summed E-state index contributed by atoms with van der Waals surface area (Å²) in [7, 11) is 3.10. The van der Waals surface area contributed by atoms with E-state index in [0.717, 1.165) is 17.0 Å². The Bertz CT molecular complexity index is 946. The molecule has 0 radical (unpaired) electrons. The fourth-order valence-electron chi connectivity index (χ4n) is 2.94. The molecular formula is C19H23N3O4S2. The standard InChI is InChI=1S/C19H23N3O4S2/c1-5-22-18(24)17-14(8-11(2)28-17)21-19(22)27-10-16(23)20-13-7-6-12(25-3)9-15(13)26-4/h6-7,9,11H,5,8,10H2,1-4H3,(H,20,23)/t11-/m0/s1. The van der Waals surface area contributed by atoms with Crippen LogP contribution in [0.1, 0.15) is 19.5 Å². The van der Waals surface area contributed by atoms with Crippen LogP contribution in [0.3, 0.4) is 0 Å². The molecule has 150 valence electrons. The summed E-state index contributed by atoms with van der Waals surface area (Å²) >= 11 is 2.85. The van der Waals surface area contributed by atoms with Crippen LogP contribution in [0.5, 0.6) is 11.5 Å². The minimum absolute atomic E-state index is 0.0124. The van der Waals surface area contributed by atoms with Crippen molar-refractivity contribution in [2.24, 2.45) is 0 Å². The van der Waals surface area contributed by atoms with E-state index < -0.39 is 0 Å². The third kappa shape index (κ3) is 4.30. The quantitative estimate of drug-likeness (QED) is 0.543. The number of aromatic nitrogens is 2. The van der Waals surface area contributed by atoms with Gasteiger partial charge in [0.1, 0.15) is 11.5 Å². The first-order valence-electron chi connectivity index (χ1n) is 8.91. The van der Waals surface area contributed by atoms with Crippen molar-refractivity contribution in [3.8, 4) is 11.5 Å². The molecule has 28 heavy (non-hydrogen) atoms. The van der Waals surface area contributed by atoms with Crippen molar-refractivity contribution in [2.45, 2.75) is 42.1 Å². The van der Waals surface area contributed by atoms with Crippen molar-refractivity contribution in [1.82, 2.24) is 9.55 Å². The topological polar surface area (TPSA) is 82.5 Å². The molecule has 1 aromatic carbocycles. The molecule has 1 atom stereocenters. The van der Waals surface area contributed by atoms with Gasteiger partial charge in [-0.25, -0.2) is 4.98 Å². The number of ether oxygens (including phenoxy) is 2. The summed E-state index contributed by atoms with van der Waals surface area (Å²) in [4.78, 5) is 30.5. The van der Waals surface area contributed by atoms with E-state index in [9.17, 15) is 9.59 Å². The number of carbonyl (C=O) groups excluding carboxylic acids is 1. The van der Waals surface area contributed by atoms with Gasteiger partial charge >= 0.3 is 0 Å². The fraction of sp³-hybridized carbons (Fsp3) is 0.421. The lowest BCUT2D eigenvalue weighted by Gasteiger charge is -2.13. The molecule has 1 aliphatic heterocycles. The third-order valence-corrected chi connectivity index (χ3v) is 6.49. The Morgan fingerprint density at radius 1 is 1.39 bits per heavy atom. The maximum atomic E-state index is 12.7. The monoisotopic (exact) mass is 421 g/mol. The van der Waals surface area contributed by atoms with Gasteiger partial charge < -0.3 is 14.8 Å². The molecule has 0 saturated heterocycles. The van der Waals surface area contributed by atoms with Crippen molar-refractivity contribution < 1.29 is 14.3 Å². The number of fused-ring (bicyclic) bond motifs is 1. The van der Waals surface area contributed by atoms with Crippen molar-refractivity contribution >= 4 is 35.1 Å². The van der Waals surface area contributed by atoms with E-state index in [4.69, 9.17) is 9.47 Å². The van der Waals surface area contributed by atoms with Gasteiger partial charge in [-0.1, -0.05) is 18.7 Å². The molecular weight excluding hydrogens is 398 g/mol. The summed E-state index contributed by atoms with van der Waals surface area (Å²) in [5.74, 6) is 1.10. The largest absolute Gasteiger partial charge is 0.497 e. The van der Waals surface area contributed by atoms with Gasteiger partial charge in [-0.3, -0.25) is 14.2 Å². The van der Waals surface area contributed by atoms with Gasteiger partial charge in [-0.15, -0.1) is 11.8 Å². The molecule has 0 unspecified atom stereocenters. The zero-order chi connectivity index (χ0) is 20.3. The van der Waals surface area contributed by atoms with E-state index in [1.54, 1.807) is 41.6 Å². The molecule has 1 aromatic heterocycles. The minimum Gasteiger partial charge on any atom is -0.497 e. The number of amides is 1. The van der Waals surface area contributed by atoms with Crippen LogP contribution in [0, 0.1) is 0 Å². The summed E-state index contributed by atoms with van der Waals surface area (Å²) in [5, 5.41) is 3.77. The van der Waals surface area contributed by atoms with Gasteiger partial charge in [-0.05, 0) is 19.1 Å². The third-order valence-electron chi connectivity index (χ3n) is 4.29. The number of nitrogens with one attached hydrogen (secondary N) is 1. The van der Waals surface area contributed by atoms with E-state index in [1.165, 1.54) is 18.9 Å². The normalized spacial score (nSPS) is 15.2. The Labute approximate surface area is 172 Å². The lowest BCUT2D eigenvalue weighted by molar-refractivity contribution is -0.113. The molecule has 0 spiro atoms. The van der Waals surface area contributed by atoms with Crippen LogP contribution in [0.2, 0.25) is 0 Å². The number of hydrogen-bond acceptors (Lipinski definition) is 7. The van der Waals surface area contributed by atoms with E-state index in [0.29, 0.717) is 34.1 Å². The molecule has 7 nitrogen and oxygen atoms in total. The van der Waals surface area contributed by atoms with Crippen LogP contribution >= 0.6 is 23.5 Å². The zero-order valence-electron chi connectivity index (χ0n) is 16.3. The zero-order valence-corrected chi connectivity index (χ0v) is 17.9. The second-order valence-electron chi connectivity index (χ2n) is 6.26. The lowest BCUT2D eigenvalue weighted by Crippen LogP contribution is -2.25. The van der Waals surface area contributed by atoms with E-state index >= 15 is 0 Å². The maximum absolute atomic E-state index is 12.7. The van der Waals surface area contributed by atoms with E-state index in [1.807, 2.05) is 6.92 Å². The summed E-state index contributed by atoms with van der Waals surface area (Å²) in [6.45, 7) is 4.51. The van der Waals surface area contributed by atoms with Crippen molar-refractivity contribution in [2.75, 3.05) is 25.3 Å². The smallest absolute Gasteiger partial charge is 0.268 e. The molecule has 1 amide bonds. The van der Waals surface area contributed by atoms with Crippen molar-refractivity contribution in [3.05, 3.63) is 34.2 Å². The Balaban J connectivity index is 1.73. The molecule has 1 aliphatic rings. The first kappa shape index (κ1) is 20.6. The number of carbonyl (C=O) groups is 1. The molecule has 2 heterocycles. The Morgan fingerprint density at radius 2 is 2.18 bits per heavy atom. The van der Waals surface area contributed by atoms with Gasteiger partial charge in [0.15, 0.2) is 5.16 Å². The molecule has 1 N–H and O–H groups in total. The summed E-state index contributed by atoms with van der Waals surface area (Å²) < 4.78 is 12.1.